The predicted octanol–water partition coefficient (Wildman–Crippen LogP) is 5.47. The maximum atomic E-state index is 14.4. The van der Waals surface area contributed by atoms with Gasteiger partial charge in [-0.2, -0.15) is 13.2 Å². The van der Waals surface area contributed by atoms with Gasteiger partial charge in [-0.1, -0.05) is 36.4 Å². The minimum Gasteiger partial charge on any atom is -0.325 e. The molecular formula is C20H13F4NO. The summed E-state index contributed by atoms with van der Waals surface area (Å²) in [6.07, 6.45) is -4.69. The van der Waals surface area contributed by atoms with Crippen LogP contribution < -0.4 is 5.32 Å². The van der Waals surface area contributed by atoms with Crippen LogP contribution in [0.5, 0.6) is 0 Å². The maximum Gasteiger partial charge on any atom is 0.416 e. The number of amides is 1. The molecule has 26 heavy (non-hydrogen) atoms. The molecule has 1 heterocycles. The zero-order valence-electron chi connectivity index (χ0n) is 13.4. The van der Waals surface area contributed by atoms with Crippen molar-refractivity contribution in [3.63, 3.8) is 0 Å². The molecule has 4 rings (SSSR count). The molecule has 6 heteroatoms. The van der Waals surface area contributed by atoms with Gasteiger partial charge in [0.05, 0.1) is 11.3 Å². The molecule has 1 aliphatic rings. The monoisotopic (exact) mass is 359 g/mol. The van der Waals surface area contributed by atoms with Gasteiger partial charge in [0.25, 0.3) is 0 Å². The van der Waals surface area contributed by atoms with Crippen LogP contribution in [0.3, 0.4) is 0 Å². The Bertz CT molecular complexity index is 1030. The molecule has 1 amide bonds. The maximum absolute atomic E-state index is 14.4. The first kappa shape index (κ1) is 16.6. The molecule has 0 saturated carbocycles. The van der Waals surface area contributed by atoms with Crippen molar-refractivity contribution in [1.82, 2.24) is 0 Å². The van der Waals surface area contributed by atoms with E-state index in [-0.39, 0.29) is 17.9 Å². The third kappa shape index (κ3) is 2.71. The fourth-order valence-electron chi connectivity index (χ4n) is 3.47. The van der Waals surface area contributed by atoms with Gasteiger partial charge in [-0.15, -0.1) is 0 Å². The van der Waals surface area contributed by atoms with Crippen LogP contribution >= 0.6 is 0 Å². The topological polar surface area (TPSA) is 29.1 Å². The minimum atomic E-state index is -4.58. The SMILES string of the molecule is O=C1CC(c2cc(C(F)(F)F)ccc2F)c2ccc3ccccc3c2N1. The molecule has 1 N–H and O–H groups in total. The van der Waals surface area contributed by atoms with E-state index in [0.29, 0.717) is 17.3 Å². The molecule has 0 aliphatic carbocycles. The molecule has 0 spiro atoms. The van der Waals surface area contributed by atoms with Crippen molar-refractivity contribution < 1.29 is 22.4 Å². The first-order valence-corrected chi connectivity index (χ1v) is 8.03. The number of alkyl halides is 3. The Balaban J connectivity index is 1.93. The van der Waals surface area contributed by atoms with E-state index >= 15 is 0 Å². The average molecular weight is 359 g/mol. The molecule has 3 aromatic rings. The highest BCUT2D eigenvalue weighted by atomic mass is 19.4. The molecule has 0 radical (unpaired) electrons. The van der Waals surface area contributed by atoms with Crippen molar-refractivity contribution in [3.05, 3.63) is 77.1 Å². The fourth-order valence-corrected chi connectivity index (χ4v) is 3.47. The molecule has 1 atom stereocenters. The second-order valence-electron chi connectivity index (χ2n) is 6.29. The third-order valence-corrected chi connectivity index (χ3v) is 4.69. The normalized spacial score (nSPS) is 17.1. The van der Waals surface area contributed by atoms with Crippen LogP contribution in [-0.2, 0) is 11.0 Å². The van der Waals surface area contributed by atoms with Gasteiger partial charge >= 0.3 is 6.18 Å². The summed E-state index contributed by atoms with van der Waals surface area (Å²) in [5, 5.41) is 4.44. The smallest absolute Gasteiger partial charge is 0.325 e. The number of fused-ring (bicyclic) bond motifs is 3. The number of anilines is 1. The van der Waals surface area contributed by atoms with Crippen molar-refractivity contribution in [3.8, 4) is 0 Å². The molecular weight excluding hydrogens is 346 g/mol. The standard InChI is InChI=1S/C20H13F4NO/c21-17-8-6-12(20(22,23)24)9-16(17)15-10-18(26)25-19-13-4-2-1-3-11(13)5-7-14(15)19/h1-9,15H,10H2,(H,25,26). The molecule has 0 fully saturated rings. The summed E-state index contributed by atoms with van der Waals surface area (Å²) in [7, 11) is 0. The lowest BCUT2D eigenvalue weighted by molar-refractivity contribution is -0.137. The van der Waals surface area contributed by atoms with Crippen molar-refractivity contribution in [2.75, 3.05) is 5.32 Å². The molecule has 1 unspecified atom stereocenters. The first-order valence-electron chi connectivity index (χ1n) is 8.03. The quantitative estimate of drug-likeness (QED) is 0.574. The number of rotatable bonds is 1. The minimum absolute atomic E-state index is 0.108. The average Bonchev–Trinajstić information content (AvgIpc) is 2.60. The van der Waals surface area contributed by atoms with Gasteiger partial charge in [0.15, 0.2) is 0 Å². The van der Waals surface area contributed by atoms with Crippen LogP contribution in [0.25, 0.3) is 10.8 Å². The number of carbonyl (C=O) groups is 1. The number of hydrogen-bond acceptors (Lipinski definition) is 1. The third-order valence-electron chi connectivity index (χ3n) is 4.69. The Morgan fingerprint density at radius 2 is 1.73 bits per heavy atom. The van der Waals surface area contributed by atoms with Gasteiger partial charge < -0.3 is 5.32 Å². The summed E-state index contributed by atoms with van der Waals surface area (Å²) in [5.74, 6) is -1.88. The summed E-state index contributed by atoms with van der Waals surface area (Å²) in [6.45, 7) is 0. The number of nitrogens with one attached hydrogen (secondary N) is 1. The predicted molar refractivity (Wildman–Crippen MR) is 90.4 cm³/mol. The summed E-state index contributed by atoms with van der Waals surface area (Å²) in [6, 6.07) is 13.2. The second-order valence-corrected chi connectivity index (χ2v) is 6.29. The van der Waals surface area contributed by atoms with Crippen LogP contribution in [0.1, 0.15) is 29.0 Å². The van der Waals surface area contributed by atoms with Crippen molar-refractivity contribution in [2.24, 2.45) is 0 Å². The van der Waals surface area contributed by atoms with Gasteiger partial charge in [-0.05, 0) is 34.7 Å². The summed E-state index contributed by atoms with van der Waals surface area (Å²) < 4.78 is 53.5. The lowest BCUT2D eigenvalue weighted by Gasteiger charge is -2.28. The van der Waals surface area contributed by atoms with E-state index in [4.69, 9.17) is 0 Å². The van der Waals surface area contributed by atoms with Gasteiger partial charge in [0.1, 0.15) is 5.82 Å². The molecule has 2 nitrogen and oxygen atoms in total. The fraction of sp³-hybridized carbons (Fsp3) is 0.150. The Labute approximate surface area is 146 Å². The van der Waals surface area contributed by atoms with Crippen molar-refractivity contribution in [2.45, 2.75) is 18.5 Å². The summed E-state index contributed by atoms with van der Waals surface area (Å²) in [4.78, 5) is 12.2. The Morgan fingerprint density at radius 3 is 2.50 bits per heavy atom. The Kier molecular flexibility index (Phi) is 3.72. The molecule has 0 aromatic heterocycles. The van der Waals surface area contributed by atoms with E-state index in [1.54, 1.807) is 6.07 Å². The Morgan fingerprint density at radius 1 is 0.962 bits per heavy atom. The highest BCUT2D eigenvalue weighted by Crippen LogP contribution is 2.42. The highest BCUT2D eigenvalue weighted by molar-refractivity contribution is 6.06. The largest absolute Gasteiger partial charge is 0.416 e. The number of benzene rings is 3. The summed E-state index contributed by atoms with van der Waals surface area (Å²) in [5.41, 5.74) is 0.0936. The Hall–Kier alpha value is -2.89. The number of hydrogen-bond donors (Lipinski definition) is 1. The van der Waals surface area contributed by atoms with Crippen LogP contribution in [0.4, 0.5) is 23.2 Å². The number of halogens is 4. The zero-order chi connectivity index (χ0) is 18.5. The zero-order valence-corrected chi connectivity index (χ0v) is 13.4. The molecule has 132 valence electrons. The summed E-state index contributed by atoms with van der Waals surface area (Å²) >= 11 is 0. The van der Waals surface area contributed by atoms with Gasteiger partial charge in [0, 0.05) is 17.7 Å². The second kappa shape index (κ2) is 5.83. The van der Waals surface area contributed by atoms with Crippen LogP contribution in [0, 0.1) is 5.82 Å². The van der Waals surface area contributed by atoms with Crippen molar-refractivity contribution >= 4 is 22.4 Å². The van der Waals surface area contributed by atoms with E-state index in [0.717, 1.165) is 22.9 Å². The van der Waals surface area contributed by atoms with E-state index in [9.17, 15) is 22.4 Å². The van der Waals surface area contributed by atoms with Gasteiger partial charge in [0.2, 0.25) is 5.91 Å². The van der Waals surface area contributed by atoms with Crippen LogP contribution in [0.2, 0.25) is 0 Å². The molecule has 1 aliphatic heterocycles. The molecule has 0 bridgehead atoms. The van der Waals surface area contributed by atoms with Crippen molar-refractivity contribution in [1.29, 1.82) is 0 Å². The molecule has 0 saturated heterocycles. The van der Waals surface area contributed by atoms with Gasteiger partial charge in [-0.3, -0.25) is 4.79 Å². The van der Waals surface area contributed by atoms with Crippen LogP contribution in [0.15, 0.2) is 54.6 Å². The van der Waals surface area contributed by atoms with E-state index in [1.165, 1.54) is 0 Å². The first-order chi connectivity index (χ1) is 12.3. The van der Waals surface area contributed by atoms with Gasteiger partial charge in [-0.25, -0.2) is 4.39 Å². The van der Waals surface area contributed by atoms with E-state index in [1.807, 2.05) is 30.3 Å². The lowest BCUT2D eigenvalue weighted by Crippen LogP contribution is -2.24. The van der Waals surface area contributed by atoms with E-state index in [2.05, 4.69) is 5.32 Å². The van der Waals surface area contributed by atoms with Crippen LogP contribution in [-0.4, -0.2) is 5.91 Å². The highest BCUT2D eigenvalue weighted by Gasteiger charge is 2.34. The number of carbonyl (C=O) groups excluding carboxylic acids is 1. The van der Waals surface area contributed by atoms with E-state index < -0.39 is 23.5 Å². The lowest BCUT2D eigenvalue weighted by atomic mass is 9.82. The molecule has 3 aromatic carbocycles.